The number of fused-ring (bicyclic) bond motifs is 1. The number of anilines is 2. The number of hydrogen-bond donors (Lipinski definition) is 1. The Balaban J connectivity index is 1.33. The molecule has 9 heteroatoms. The molecule has 7 nitrogen and oxygen atoms in total. The van der Waals surface area contributed by atoms with Gasteiger partial charge < -0.3 is 19.5 Å². The largest absolute Gasteiger partial charge is 0.493 e. The number of methoxy groups -OCH3 is 2. The van der Waals surface area contributed by atoms with E-state index in [0.717, 1.165) is 45.2 Å². The monoisotopic (exact) mass is 500 g/mol. The molecule has 1 saturated carbocycles. The van der Waals surface area contributed by atoms with Crippen LogP contribution in [0.4, 0.5) is 15.9 Å². The summed E-state index contributed by atoms with van der Waals surface area (Å²) in [5.74, 6) is 1.18. The van der Waals surface area contributed by atoms with Gasteiger partial charge in [-0.1, -0.05) is 17.7 Å². The summed E-state index contributed by atoms with van der Waals surface area (Å²) in [5, 5.41) is 3.80. The Labute approximate surface area is 209 Å². The number of likely N-dealkylation sites (tertiary alicyclic amines) is 1. The fraction of sp³-hybridized carbons (Fsp3) is 0.462. The maximum atomic E-state index is 14.5. The van der Waals surface area contributed by atoms with Gasteiger partial charge in [-0.2, -0.15) is 0 Å². The second kappa shape index (κ2) is 10.5. The quantitative estimate of drug-likeness (QED) is 0.453. The summed E-state index contributed by atoms with van der Waals surface area (Å²) in [6.45, 7) is 2.13. The van der Waals surface area contributed by atoms with Crippen molar-refractivity contribution in [3.05, 3.63) is 47.5 Å². The average Bonchev–Trinajstić information content (AvgIpc) is 3.37. The van der Waals surface area contributed by atoms with Crippen molar-refractivity contribution in [1.29, 1.82) is 0 Å². The zero-order valence-electron chi connectivity index (χ0n) is 20.0. The van der Waals surface area contributed by atoms with Gasteiger partial charge in [0.1, 0.15) is 12.1 Å². The predicted molar refractivity (Wildman–Crippen MR) is 134 cm³/mol. The van der Waals surface area contributed by atoms with Crippen molar-refractivity contribution in [3.63, 3.8) is 0 Å². The molecule has 1 aliphatic heterocycles. The fourth-order valence-corrected chi connectivity index (χ4v) is 5.30. The third kappa shape index (κ3) is 5.15. The first kappa shape index (κ1) is 24.0. The molecule has 5 rings (SSSR count). The van der Waals surface area contributed by atoms with Crippen LogP contribution < -0.4 is 14.8 Å². The van der Waals surface area contributed by atoms with E-state index < -0.39 is 5.82 Å². The summed E-state index contributed by atoms with van der Waals surface area (Å²) in [5.41, 5.74) is 0.909. The van der Waals surface area contributed by atoms with E-state index in [-0.39, 0.29) is 16.8 Å². The number of halogens is 2. The van der Waals surface area contributed by atoms with E-state index in [1.54, 1.807) is 26.4 Å². The predicted octanol–water partition coefficient (Wildman–Crippen LogP) is 5.59. The molecule has 3 aromatic rings. The van der Waals surface area contributed by atoms with Gasteiger partial charge in [-0.25, -0.2) is 14.4 Å². The zero-order chi connectivity index (χ0) is 24.4. The molecule has 2 aromatic carbocycles. The van der Waals surface area contributed by atoms with Gasteiger partial charge in [0, 0.05) is 37.7 Å². The molecule has 0 amide bonds. The summed E-state index contributed by atoms with van der Waals surface area (Å²) in [7, 11) is 3.42. The lowest BCUT2D eigenvalue weighted by atomic mass is 9.92. The third-order valence-electron chi connectivity index (χ3n) is 7.09. The molecular formula is C26H30ClFN4O3. The minimum absolute atomic E-state index is 0.0429. The van der Waals surface area contributed by atoms with Crippen LogP contribution in [0.25, 0.3) is 10.9 Å². The van der Waals surface area contributed by atoms with Crippen molar-refractivity contribution in [3.8, 4) is 11.5 Å². The molecule has 0 spiro atoms. The molecule has 1 aliphatic carbocycles. The summed E-state index contributed by atoms with van der Waals surface area (Å²) < 4.78 is 32.1. The molecule has 1 atom stereocenters. The first-order chi connectivity index (χ1) is 17.1. The smallest absolute Gasteiger partial charge is 0.165 e. The molecule has 1 aromatic heterocycles. The second-order valence-electron chi connectivity index (χ2n) is 9.16. The molecule has 1 N–H and O–H groups in total. The van der Waals surface area contributed by atoms with Crippen molar-refractivity contribution in [2.75, 3.05) is 32.6 Å². The Morgan fingerprint density at radius 1 is 1.03 bits per heavy atom. The van der Waals surface area contributed by atoms with E-state index in [1.165, 1.54) is 12.4 Å². The van der Waals surface area contributed by atoms with Crippen molar-refractivity contribution in [2.45, 2.75) is 50.4 Å². The Morgan fingerprint density at radius 3 is 2.60 bits per heavy atom. The SMILES string of the molecule is COc1cc2ncnc(Nc3cccc(Cl)c3F)c2cc1O[C@H]1CC[C@@H](N2CC[C@H](OC)C2)CC1. The van der Waals surface area contributed by atoms with Crippen LogP contribution in [0.3, 0.4) is 0 Å². The number of rotatable bonds is 7. The molecule has 35 heavy (non-hydrogen) atoms. The Morgan fingerprint density at radius 2 is 1.86 bits per heavy atom. The summed E-state index contributed by atoms with van der Waals surface area (Å²) >= 11 is 5.94. The van der Waals surface area contributed by atoms with E-state index in [2.05, 4.69) is 20.2 Å². The number of aromatic nitrogens is 2. The van der Waals surface area contributed by atoms with Crippen molar-refractivity contribution in [1.82, 2.24) is 14.9 Å². The molecular weight excluding hydrogens is 471 g/mol. The molecule has 0 bridgehead atoms. The molecule has 0 unspecified atom stereocenters. The number of nitrogens with one attached hydrogen (secondary N) is 1. The standard InChI is InChI=1S/C26H30ClFN4O3/c1-33-18-10-11-32(14-18)16-6-8-17(9-7-16)35-24-12-19-22(13-23(24)34-2)29-15-30-26(19)31-21-5-3-4-20(27)25(21)28/h3-5,12-13,15-18H,6-11,14H2,1-2H3,(H,29,30,31)/t16-,17+,18-/m0/s1. The van der Waals surface area contributed by atoms with Crippen LogP contribution in [-0.2, 0) is 4.74 Å². The Kier molecular flexibility index (Phi) is 7.22. The summed E-state index contributed by atoms with van der Waals surface area (Å²) in [4.78, 5) is 11.3. The van der Waals surface area contributed by atoms with E-state index >= 15 is 0 Å². The van der Waals surface area contributed by atoms with E-state index in [1.807, 2.05) is 12.1 Å². The van der Waals surface area contributed by atoms with Crippen LogP contribution >= 0.6 is 11.6 Å². The maximum absolute atomic E-state index is 14.5. The highest BCUT2D eigenvalue weighted by Crippen LogP contribution is 2.38. The molecule has 0 radical (unpaired) electrons. The maximum Gasteiger partial charge on any atom is 0.165 e. The highest BCUT2D eigenvalue weighted by atomic mass is 35.5. The molecule has 2 fully saturated rings. The van der Waals surface area contributed by atoms with Crippen molar-refractivity contribution in [2.24, 2.45) is 0 Å². The van der Waals surface area contributed by atoms with Gasteiger partial charge >= 0.3 is 0 Å². The summed E-state index contributed by atoms with van der Waals surface area (Å²) in [6, 6.07) is 9.09. The normalized spacial score (nSPS) is 22.9. The van der Waals surface area contributed by atoms with Crippen molar-refractivity contribution < 1.29 is 18.6 Å². The average molecular weight is 501 g/mol. The van der Waals surface area contributed by atoms with Gasteiger partial charge in [0.05, 0.1) is 35.5 Å². The van der Waals surface area contributed by atoms with E-state index in [0.29, 0.717) is 40.4 Å². The summed E-state index contributed by atoms with van der Waals surface area (Å²) in [6.07, 6.45) is 7.15. The first-order valence-electron chi connectivity index (χ1n) is 12.0. The van der Waals surface area contributed by atoms with Gasteiger partial charge in [0.2, 0.25) is 0 Å². The Hall–Kier alpha value is -2.68. The van der Waals surface area contributed by atoms with Gasteiger partial charge in [0.25, 0.3) is 0 Å². The van der Waals surface area contributed by atoms with Crippen LogP contribution in [0.2, 0.25) is 5.02 Å². The second-order valence-corrected chi connectivity index (χ2v) is 9.57. The molecule has 186 valence electrons. The van der Waals surface area contributed by atoms with Gasteiger partial charge in [-0.15, -0.1) is 0 Å². The van der Waals surface area contributed by atoms with Crippen LogP contribution in [0, 0.1) is 5.82 Å². The van der Waals surface area contributed by atoms with Gasteiger partial charge in [0.15, 0.2) is 17.3 Å². The minimum Gasteiger partial charge on any atom is -0.493 e. The lowest BCUT2D eigenvalue weighted by Gasteiger charge is -2.34. The highest BCUT2D eigenvalue weighted by molar-refractivity contribution is 6.31. The van der Waals surface area contributed by atoms with Crippen LogP contribution in [0.5, 0.6) is 11.5 Å². The number of benzene rings is 2. The lowest BCUT2D eigenvalue weighted by molar-refractivity contribution is 0.0752. The van der Waals surface area contributed by atoms with Crippen molar-refractivity contribution >= 4 is 34.0 Å². The molecule has 2 aliphatic rings. The van der Waals surface area contributed by atoms with E-state index in [9.17, 15) is 4.39 Å². The number of hydrogen-bond acceptors (Lipinski definition) is 7. The molecule has 2 heterocycles. The third-order valence-corrected chi connectivity index (χ3v) is 7.38. The van der Waals surface area contributed by atoms with Crippen LogP contribution in [-0.4, -0.2) is 60.4 Å². The minimum atomic E-state index is -0.530. The Bertz CT molecular complexity index is 1190. The first-order valence-corrected chi connectivity index (χ1v) is 12.4. The van der Waals surface area contributed by atoms with Gasteiger partial charge in [-0.3, -0.25) is 4.90 Å². The zero-order valence-corrected chi connectivity index (χ0v) is 20.7. The van der Waals surface area contributed by atoms with E-state index in [4.69, 9.17) is 25.8 Å². The topological polar surface area (TPSA) is 68.7 Å². The lowest BCUT2D eigenvalue weighted by Crippen LogP contribution is -2.39. The molecule has 1 saturated heterocycles. The number of ether oxygens (including phenoxy) is 3. The highest BCUT2D eigenvalue weighted by Gasteiger charge is 2.32. The fourth-order valence-electron chi connectivity index (χ4n) is 5.13. The van der Waals surface area contributed by atoms with Crippen LogP contribution in [0.15, 0.2) is 36.7 Å². The van der Waals surface area contributed by atoms with Crippen LogP contribution in [0.1, 0.15) is 32.1 Å². The number of nitrogens with zero attached hydrogens (tertiary/aromatic N) is 3. The van der Waals surface area contributed by atoms with Gasteiger partial charge in [-0.05, 0) is 50.3 Å².